The molecule has 10 heteroatoms. The average molecular weight is 428 g/mol. The van der Waals surface area contributed by atoms with Crippen LogP contribution in [0.2, 0.25) is 5.02 Å². The third kappa shape index (κ3) is 2.97. The number of thiophene rings is 1. The zero-order valence-electron chi connectivity index (χ0n) is 14.1. The Bertz CT molecular complexity index is 1380. The van der Waals surface area contributed by atoms with Gasteiger partial charge in [0.25, 0.3) is 16.7 Å². The molecule has 0 spiro atoms. The molecule has 0 saturated heterocycles. The van der Waals surface area contributed by atoms with Gasteiger partial charge >= 0.3 is 0 Å². The molecule has 0 unspecified atom stereocenters. The molecule has 0 radical (unpaired) electrons. The lowest BCUT2D eigenvalue weighted by atomic mass is 10.2. The monoisotopic (exact) mass is 427 g/mol. The second-order valence-electron chi connectivity index (χ2n) is 5.80. The Morgan fingerprint density at radius 3 is 2.68 bits per heavy atom. The van der Waals surface area contributed by atoms with Crippen LogP contribution in [0.3, 0.4) is 0 Å². The highest BCUT2D eigenvalue weighted by Crippen LogP contribution is 2.41. The van der Waals surface area contributed by atoms with Crippen LogP contribution in [0.15, 0.2) is 63.0 Å². The normalized spacial score (nSPS) is 11.5. The summed E-state index contributed by atoms with van der Waals surface area (Å²) in [6.45, 7) is 0. The van der Waals surface area contributed by atoms with Gasteiger partial charge in [0.15, 0.2) is 0 Å². The van der Waals surface area contributed by atoms with Gasteiger partial charge < -0.3 is 4.42 Å². The molecule has 0 fully saturated rings. The zero-order chi connectivity index (χ0) is 19.1. The molecule has 0 atom stereocenters. The quantitative estimate of drug-likeness (QED) is 0.391. The Hall–Kier alpha value is -2.75. The van der Waals surface area contributed by atoms with E-state index in [-0.39, 0.29) is 11.4 Å². The van der Waals surface area contributed by atoms with Gasteiger partial charge in [-0.3, -0.25) is 4.79 Å². The maximum atomic E-state index is 12.5. The Kier molecular flexibility index (Phi) is 4.34. The van der Waals surface area contributed by atoms with Crippen molar-refractivity contribution in [2.45, 2.75) is 11.1 Å². The molecule has 3 heterocycles. The first kappa shape index (κ1) is 17.4. The molecule has 28 heavy (non-hydrogen) atoms. The van der Waals surface area contributed by atoms with Crippen LogP contribution in [0.4, 0.5) is 0 Å². The first-order valence-electron chi connectivity index (χ1n) is 8.17. The van der Waals surface area contributed by atoms with Crippen molar-refractivity contribution < 1.29 is 4.42 Å². The van der Waals surface area contributed by atoms with E-state index in [1.54, 1.807) is 18.2 Å². The van der Waals surface area contributed by atoms with Crippen molar-refractivity contribution in [2.24, 2.45) is 0 Å². The second kappa shape index (κ2) is 7.01. The molecule has 0 aliphatic carbocycles. The fourth-order valence-electron chi connectivity index (χ4n) is 2.74. The van der Waals surface area contributed by atoms with Crippen LogP contribution in [-0.2, 0) is 5.88 Å². The highest BCUT2D eigenvalue weighted by Gasteiger charge is 2.18. The minimum absolute atomic E-state index is 0.207. The van der Waals surface area contributed by atoms with Crippen LogP contribution < -0.4 is 5.56 Å². The van der Waals surface area contributed by atoms with Crippen LogP contribution in [0.1, 0.15) is 0 Å². The molecular weight excluding hydrogens is 418 g/mol. The molecule has 3 aromatic heterocycles. The van der Waals surface area contributed by atoms with E-state index in [4.69, 9.17) is 16.0 Å². The summed E-state index contributed by atoms with van der Waals surface area (Å²) in [4.78, 5) is 13.2. The standard InChI is InChI=1S/C18H10ClN5O2S2/c19-14-11-6-2-4-8-13(11)28-15(14)16-21-22-18(26-16)27-9-24-17(25)10-5-1-3-7-12(10)20-23-24/h1-8H,9H2. The summed E-state index contributed by atoms with van der Waals surface area (Å²) >= 11 is 9.16. The third-order valence-electron chi connectivity index (χ3n) is 4.08. The maximum Gasteiger partial charge on any atom is 0.278 e. The Balaban J connectivity index is 1.41. The molecular formula is C18H10ClN5O2S2. The van der Waals surface area contributed by atoms with Crippen LogP contribution in [-0.4, -0.2) is 25.2 Å². The molecule has 138 valence electrons. The lowest BCUT2D eigenvalue weighted by Crippen LogP contribution is -2.23. The third-order valence-corrected chi connectivity index (χ3v) is 6.52. The zero-order valence-corrected chi connectivity index (χ0v) is 16.5. The highest BCUT2D eigenvalue weighted by atomic mass is 35.5. The van der Waals surface area contributed by atoms with E-state index in [1.165, 1.54) is 27.8 Å². The summed E-state index contributed by atoms with van der Waals surface area (Å²) in [5.41, 5.74) is 0.346. The summed E-state index contributed by atoms with van der Waals surface area (Å²) in [5.74, 6) is 0.559. The van der Waals surface area contributed by atoms with Crippen molar-refractivity contribution in [3.8, 4) is 10.8 Å². The minimum Gasteiger partial charge on any atom is -0.410 e. The van der Waals surface area contributed by atoms with Crippen LogP contribution in [0.25, 0.3) is 31.8 Å². The second-order valence-corrected chi connectivity index (χ2v) is 8.13. The van der Waals surface area contributed by atoms with E-state index < -0.39 is 0 Å². The number of rotatable bonds is 4. The van der Waals surface area contributed by atoms with Crippen molar-refractivity contribution in [2.75, 3.05) is 0 Å². The average Bonchev–Trinajstić information content (AvgIpc) is 3.32. The van der Waals surface area contributed by atoms with Gasteiger partial charge in [0, 0.05) is 10.1 Å². The van der Waals surface area contributed by atoms with E-state index in [2.05, 4.69) is 20.5 Å². The van der Waals surface area contributed by atoms with Crippen LogP contribution >= 0.6 is 34.7 Å². The Labute approximate surface area is 171 Å². The Morgan fingerprint density at radius 2 is 1.82 bits per heavy atom. The molecule has 5 aromatic rings. The number of hydrogen-bond acceptors (Lipinski definition) is 8. The van der Waals surface area contributed by atoms with E-state index >= 15 is 0 Å². The molecule has 0 amide bonds. The predicted octanol–water partition coefficient (Wildman–Crippen LogP) is 4.46. The number of fused-ring (bicyclic) bond motifs is 2. The van der Waals surface area contributed by atoms with Gasteiger partial charge in [-0.15, -0.1) is 26.6 Å². The number of hydrogen-bond donors (Lipinski definition) is 0. The number of halogens is 1. The van der Waals surface area contributed by atoms with E-state index in [9.17, 15) is 4.79 Å². The van der Waals surface area contributed by atoms with Crippen molar-refractivity contribution >= 4 is 55.7 Å². The largest absolute Gasteiger partial charge is 0.410 e. The van der Waals surface area contributed by atoms with Crippen molar-refractivity contribution in [1.82, 2.24) is 25.2 Å². The molecule has 7 nitrogen and oxygen atoms in total. The van der Waals surface area contributed by atoms with Gasteiger partial charge in [-0.1, -0.05) is 47.1 Å². The molecule has 0 aliphatic rings. The fourth-order valence-corrected chi connectivity index (χ4v) is 4.81. The van der Waals surface area contributed by atoms with Gasteiger partial charge in [-0.25, -0.2) is 0 Å². The van der Waals surface area contributed by atoms with E-state index in [1.807, 2.05) is 30.3 Å². The molecule has 2 aromatic carbocycles. The molecule has 5 rings (SSSR count). The summed E-state index contributed by atoms with van der Waals surface area (Å²) in [5, 5.41) is 18.5. The first-order valence-corrected chi connectivity index (χ1v) is 10.3. The number of aromatic nitrogens is 5. The fraction of sp³-hybridized carbons (Fsp3) is 0.0556. The Morgan fingerprint density at radius 1 is 1.04 bits per heavy atom. The predicted molar refractivity (Wildman–Crippen MR) is 110 cm³/mol. The number of benzene rings is 2. The first-order chi connectivity index (χ1) is 13.7. The van der Waals surface area contributed by atoms with E-state index in [0.717, 1.165) is 15.0 Å². The summed E-state index contributed by atoms with van der Waals surface area (Å²) < 4.78 is 8.05. The number of thioether (sulfide) groups is 1. The molecule has 0 bridgehead atoms. The van der Waals surface area contributed by atoms with Gasteiger partial charge in [-0.05, 0) is 30.0 Å². The van der Waals surface area contributed by atoms with Gasteiger partial charge in [0.2, 0.25) is 0 Å². The molecule has 0 N–H and O–H groups in total. The summed E-state index contributed by atoms with van der Waals surface area (Å²) in [6, 6.07) is 14.9. The summed E-state index contributed by atoms with van der Waals surface area (Å²) in [6.07, 6.45) is 0. The highest BCUT2D eigenvalue weighted by molar-refractivity contribution is 7.98. The topological polar surface area (TPSA) is 86.7 Å². The van der Waals surface area contributed by atoms with Gasteiger partial charge in [0.05, 0.1) is 10.4 Å². The number of nitrogens with zero attached hydrogens (tertiary/aromatic N) is 5. The lowest BCUT2D eigenvalue weighted by molar-refractivity contribution is 0.465. The minimum atomic E-state index is -0.217. The van der Waals surface area contributed by atoms with Crippen LogP contribution in [0.5, 0.6) is 0 Å². The molecule has 0 saturated carbocycles. The van der Waals surface area contributed by atoms with Crippen molar-refractivity contribution in [3.63, 3.8) is 0 Å². The van der Waals surface area contributed by atoms with Crippen molar-refractivity contribution in [1.29, 1.82) is 0 Å². The van der Waals surface area contributed by atoms with Crippen LogP contribution in [0, 0.1) is 0 Å². The van der Waals surface area contributed by atoms with Crippen molar-refractivity contribution in [3.05, 3.63) is 63.9 Å². The smallest absolute Gasteiger partial charge is 0.278 e. The maximum absolute atomic E-state index is 12.5. The molecule has 0 aliphatic heterocycles. The van der Waals surface area contributed by atoms with Gasteiger partial charge in [0.1, 0.15) is 16.3 Å². The SMILES string of the molecule is O=c1c2ccccc2nnn1CSc1nnc(-c2sc3ccccc3c2Cl)o1. The van der Waals surface area contributed by atoms with Gasteiger partial charge in [-0.2, -0.15) is 4.68 Å². The lowest BCUT2D eigenvalue weighted by Gasteiger charge is -2.02. The summed E-state index contributed by atoms with van der Waals surface area (Å²) in [7, 11) is 0. The van der Waals surface area contributed by atoms with E-state index in [0.29, 0.717) is 27.0 Å².